The number of hydrogen-bond donors (Lipinski definition) is 1. The van der Waals surface area contributed by atoms with Gasteiger partial charge in [0, 0.05) is 44.8 Å². The summed E-state index contributed by atoms with van der Waals surface area (Å²) in [5.74, 6) is 0. The van der Waals surface area contributed by atoms with Gasteiger partial charge in [-0.1, -0.05) is 0 Å². The van der Waals surface area contributed by atoms with Gasteiger partial charge >= 0.3 is 0 Å². The molecule has 0 aliphatic carbocycles. The third-order valence-corrected chi connectivity index (χ3v) is 4.76. The fourth-order valence-electron chi connectivity index (χ4n) is 4.01. The zero-order valence-electron chi connectivity index (χ0n) is 9.77. The van der Waals surface area contributed by atoms with Crippen molar-refractivity contribution in [2.75, 3.05) is 32.7 Å². The Morgan fingerprint density at radius 1 is 1.00 bits per heavy atom. The van der Waals surface area contributed by atoms with Crippen molar-refractivity contribution < 1.29 is 4.74 Å². The lowest BCUT2D eigenvalue weighted by atomic mass is 10.2. The molecular formula is C12H21N3O. The molecule has 1 N–H and O–H groups in total. The number of piperazine rings is 1. The molecule has 5 atom stereocenters. The number of hydrogen-bond acceptors (Lipinski definition) is 4. The fourth-order valence-corrected chi connectivity index (χ4v) is 4.01. The number of nitrogens with one attached hydrogen (secondary N) is 1. The van der Waals surface area contributed by atoms with E-state index >= 15 is 0 Å². The Kier molecular flexibility index (Phi) is 2.25. The zero-order valence-corrected chi connectivity index (χ0v) is 9.77. The highest BCUT2D eigenvalue weighted by molar-refractivity contribution is 4.98. The van der Waals surface area contributed by atoms with Crippen LogP contribution in [-0.2, 0) is 4.74 Å². The Balaban J connectivity index is 1.53. The van der Waals surface area contributed by atoms with Crippen molar-refractivity contribution in [3.8, 4) is 0 Å². The normalized spacial score (nSPS) is 52.1. The summed E-state index contributed by atoms with van der Waals surface area (Å²) in [5.41, 5.74) is 0. The van der Waals surface area contributed by atoms with Crippen LogP contribution in [0.5, 0.6) is 0 Å². The Morgan fingerprint density at radius 2 is 1.81 bits per heavy atom. The number of nitrogens with zero attached hydrogens (tertiary/aromatic N) is 2. The van der Waals surface area contributed by atoms with Gasteiger partial charge in [-0.15, -0.1) is 0 Å². The second-order valence-electron chi connectivity index (χ2n) is 5.75. The number of fused-ring (bicyclic) bond motifs is 4. The molecule has 0 spiro atoms. The summed E-state index contributed by atoms with van der Waals surface area (Å²) in [5, 5.41) is 3.54. The van der Waals surface area contributed by atoms with Gasteiger partial charge < -0.3 is 10.1 Å². The highest BCUT2D eigenvalue weighted by Gasteiger charge is 2.45. The molecule has 0 aromatic heterocycles. The summed E-state index contributed by atoms with van der Waals surface area (Å²) >= 11 is 0. The quantitative estimate of drug-likeness (QED) is 0.669. The molecule has 0 aromatic rings. The maximum atomic E-state index is 6.25. The van der Waals surface area contributed by atoms with E-state index in [0.29, 0.717) is 12.3 Å². The molecule has 4 heterocycles. The van der Waals surface area contributed by atoms with Crippen molar-refractivity contribution in [2.24, 2.45) is 0 Å². The molecule has 4 bridgehead atoms. The van der Waals surface area contributed by atoms with E-state index in [2.05, 4.69) is 15.1 Å². The van der Waals surface area contributed by atoms with Gasteiger partial charge in [0.25, 0.3) is 0 Å². The van der Waals surface area contributed by atoms with Gasteiger partial charge in [0.05, 0.1) is 6.10 Å². The topological polar surface area (TPSA) is 27.7 Å². The van der Waals surface area contributed by atoms with Crippen LogP contribution in [0.15, 0.2) is 0 Å². The largest absolute Gasteiger partial charge is 0.357 e. The van der Waals surface area contributed by atoms with Gasteiger partial charge in [-0.2, -0.15) is 0 Å². The monoisotopic (exact) mass is 223 g/mol. The van der Waals surface area contributed by atoms with Gasteiger partial charge in [-0.25, -0.2) is 0 Å². The first-order chi connectivity index (χ1) is 7.90. The second-order valence-corrected chi connectivity index (χ2v) is 5.75. The maximum absolute atomic E-state index is 6.25. The fraction of sp³-hybridized carbons (Fsp3) is 1.00. The molecule has 0 saturated carbocycles. The summed E-state index contributed by atoms with van der Waals surface area (Å²) in [6.07, 6.45) is 4.89. The van der Waals surface area contributed by atoms with Crippen molar-refractivity contribution in [2.45, 2.75) is 43.7 Å². The number of morpholine rings is 1. The first kappa shape index (κ1) is 9.83. The van der Waals surface area contributed by atoms with E-state index in [1.54, 1.807) is 0 Å². The maximum Gasteiger partial charge on any atom is 0.124 e. The summed E-state index contributed by atoms with van der Waals surface area (Å²) < 4.78 is 6.25. The minimum Gasteiger partial charge on any atom is -0.357 e. The SMILES string of the molecule is C1CN2CC1OC(N1C3CCC1CNC3)C2. The minimum absolute atomic E-state index is 0.390. The van der Waals surface area contributed by atoms with Crippen molar-refractivity contribution >= 4 is 0 Å². The molecule has 4 rings (SSSR count). The van der Waals surface area contributed by atoms with Gasteiger partial charge in [0.2, 0.25) is 0 Å². The van der Waals surface area contributed by atoms with E-state index in [1.807, 2.05) is 0 Å². The minimum atomic E-state index is 0.390. The molecular weight excluding hydrogens is 202 g/mol. The zero-order chi connectivity index (χ0) is 10.5. The first-order valence-electron chi connectivity index (χ1n) is 6.76. The van der Waals surface area contributed by atoms with E-state index in [0.717, 1.165) is 18.6 Å². The summed E-state index contributed by atoms with van der Waals surface area (Å²) in [6.45, 7) is 5.91. The molecule has 5 unspecified atom stereocenters. The van der Waals surface area contributed by atoms with E-state index in [1.165, 1.54) is 45.4 Å². The van der Waals surface area contributed by atoms with Gasteiger partial charge in [-0.3, -0.25) is 9.80 Å². The molecule has 0 aromatic carbocycles. The molecule has 0 radical (unpaired) electrons. The van der Waals surface area contributed by atoms with Crippen LogP contribution < -0.4 is 5.32 Å². The van der Waals surface area contributed by atoms with E-state index in [9.17, 15) is 0 Å². The first-order valence-corrected chi connectivity index (χ1v) is 6.76. The standard InChI is InChI=1S/C12H21N3O/c1-2-10-6-13-5-9(1)15(10)12-8-14-4-3-11(7-14)16-12/h9-13H,1-8H2. The smallest absolute Gasteiger partial charge is 0.124 e. The summed E-state index contributed by atoms with van der Waals surface area (Å²) in [7, 11) is 0. The third-order valence-electron chi connectivity index (χ3n) is 4.76. The molecule has 4 nitrogen and oxygen atoms in total. The van der Waals surface area contributed by atoms with Gasteiger partial charge in [-0.05, 0) is 19.3 Å². The van der Waals surface area contributed by atoms with Crippen LogP contribution in [0.2, 0.25) is 0 Å². The highest BCUT2D eigenvalue weighted by atomic mass is 16.5. The second kappa shape index (κ2) is 3.67. The van der Waals surface area contributed by atoms with Crippen LogP contribution in [0.4, 0.5) is 0 Å². The van der Waals surface area contributed by atoms with Crippen molar-refractivity contribution in [3.05, 3.63) is 0 Å². The van der Waals surface area contributed by atoms with Crippen molar-refractivity contribution in [3.63, 3.8) is 0 Å². The van der Waals surface area contributed by atoms with Crippen molar-refractivity contribution in [1.82, 2.24) is 15.1 Å². The Bertz CT molecular complexity index is 257. The molecule has 90 valence electrons. The van der Waals surface area contributed by atoms with E-state index < -0.39 is 0 Å². The van der Waals surface area contributed by atoms with E-state index in [-0.39, 0.29) is 0 Å². The third kappa shape index (κ3) is 1.44. The average molecular weight is 223 g/mol. The van der Waals surface area contributed by atoms with Crippen LogP contribution >= 0.6 is 0 Å². The Morgan fingerprint density at radius 3 is 2.56 bits per heavy atom. The predicted molar refractivity (Wildman–Crippen MR) is 61.2 cm³/mol. The molecule has 4 saturated heterocycles. The lowest BCUT2D eigenvalue weighted by Gasteiger charge is -2.44. The molecule has 0 amide bonds. The summed E-state index contributed by atoms with van der Waals surface area (Å²) in [4.78, 5) is 5.27. The Hall–Kier alpha value is -0.160. The molecule has 4 heteroatoms. The number of rotatable bonds is 1. The van der Waals surface area contributed by atoms with Crippen LogP contribution in [0, 0.1) is 0 Å². The molecule has 4 aliphatic heterocycles. The molecule has 4 fully saturated rings. The average Bonchev–Trinajstić information content (AvgIpc) is 2.76. The molecule has 16 heavy (non-hydrogen) atoms. The summed E-state index contributed by atoms with van der Waals surface area (Å²) in [6, 6.07) is 1.48. The van der Waals surface area contributed by atoms with Gasteiger partial charge in [0.1, 0.15) is 6.23 Å². The lowest BCUT2D eigenvalue weighted by molar-refractivity contribution is -0.146. The number of ether oxygens (including phenoxy) is 1. The van der Waals surface area contributed by atoms with Crippen LogP contribution in [0.1, 0.15) is 19.3 Å². The predicted octanol–water partition coefficient (Wildman–Crippen LogP) is -0.147. The van der Waals surface area contributed by atoms with Crippen LogP contribution in [0.25, 0.3) is 0 Å². The lowest BCUT2D eigenvalue weighted by Crippen LogP contribution is -2.60. The van der Waals surface area contributed by atoms with Gasteiger partial charge in [0.15, 0.2) is 0 Å². The van der Waals surface area contributed by atoms with Crippen LogP contribution in [0.3, 0.4) is 0 Å². The van der Waals surface area contributed by atoms with Crippen molar-refractivity contribution in [1.29, 1.82) is 0 Å². The van der Waals surface area contributed by atoms with Crippen LogP contribution in [-0.4, -0.2) is 66.9 Å². The molecule has 4 aliphatic rings. The Labute approximate surface area is 96.9 Å². The highest BCUT2D eigenvalue weighted by Crippen LogP contribution is 2.33. The van der Waals surface area contributed by atoms with E-state index in [4.69, 9.17) is 4.74 Å².